The Labute approximate surface area is 145 Å². The predicted molar refractivity (Wildman–Crippen MR) is 88.2 cm³/mol. The SMILES string of the molecule is C[C@@]1(OCc2ccccc2)[C@H](O)C(CO)O[C@H]1c1coc(C#N)c1N. The first kappa shape index (κ1) is 17.5. The minimum atomic E-state index is -1.17. The lowest BCUT2D eigenvalue weighted by atomic mass is 9.88. The molecular weight excluding hydrogens is 324 g/mol. The van der Waals surface area contributed by atoms with E-state index in [1.54, 1.807) is 6.92 Å². The molecule has 7 nitrogen and oxygen atoms in total. The van der Waals surface area contributed by atoms with Crippen LogP contribution in [-0.4, -0.2) is 34.6 Å². The van der Waals surface area contributed by atoms with Gasteiger partial charge in [-0.3, -0.25) is 0 Å². The standard InChI is InChI=1S/C18H20N2O5/c1-18(24-9-11-5-3-2-4-6-11)16(22)14(8-21)25-17(18)12-10-23-13(7-19)15(12)20/h2-6,10,14,16-17,21-22H,8-9,20H2,1H3/t14?,16-,17+,18-/m1/s1. The number of furan rings is 1. The van der Waals surface area contributed by atoms with Crippen molar-refractivity contribution in [1.82, 2.24) is 0 Å². The number of nitrogen functional groups attached to an aromatic ring is 1. The van der Waals surface area contributed by atoms with Crippen molar-refractivity contribution in [2.24, 2.45) is 0 Å². The molecule has 2 heterocycles. The van der Waals surface area contributed by atoms with Gasteiger partial charge in [-0.1, -0.05) is 30.3 Å². The van der Waals surface area contributed by atoms with Crippen LogP contribution in [-0.2, 0) is 16.1 Å². The lowest BCUT2D eigenvalue weighted by molar-refractivity contribution is -0.125. The van der Waals surface area contributed by atoms with Crippen LogP contribution in [0.1, 0.15) is 29.9 Å². The van der Waals surface area contributed by atoms with Crippen molar-refractivity contribution in [3.63, 3.8) is 0 Å². The molecule has 1 aliphatic rings. The van der Waals surface area contributed by atoms with Crippen LogP contribution in [0.2, 0.25) is 0 Å². The molecule has 1 fully saturated rings. The van der Waals surface area contributed by atoms with Crippen LogP contribution in [0.4, 0.5) is 5.69 Å². The third kappa shape index (κ3) is 3.01. The Kier molecular flexibility index (Phi) is 4.79. The first-order valence-electron chi connectivity index (χ1n) is 7.90. The molecule has 0 bridgehead atoms. The summed E-state index contributed by atoms with van der Waals surface area (Å²) >= 11 is 0. The van der Waals surface area contributed by atoms with Crippen LogP contribution in [0, 0.1) is 11.3 Å². The average molecular weight is 344 g/mol. The van der Waals surface area contributed by atoms with Gasteiger partial charge >= 0.3 is 0 Å². The van der Waals surface area contributed by atoms with Crippen molar-refractivity contribution >= 4 is 5.69 Å². The molecule has 1 unspecified atom stereocenters. The van der Waals surface area contributed by atoms with Gasteiger partial charge in [-0.25, -0.2) is 0 Å². The van der Waals surface area contributed by atoms with Crippen molar-refractivity contribution in [2.75, 3.05) is 12.3 Å². The molecule has 0 spiro atoms. The van der Waals surface area contributed by atoms with E-state index in [9.17, 15) is 10.2 Å². The van der Waals surface area contributed by atoms with Crippen LogP contribution in [0.15, 0.2) is 41.0 Å². The quantitative estimate of drug-likeness (QED) is 0.751. The summed E-state index contributed by atoms with van der Waals surface area (Å²) in [5.74, 6) is -0.0223. The molecule has 2 aromatic rings. The monoisotopic (exact) mass is 344 g/mol. The van der Waals surface area contributed by atoms with Gasteiger partial charge < -0.3 is 29.8 Å². The topological polar surface area (TPSA) is 122 Å². The molecule has 1 aromatic carbocycles. The number of ether oxygens (including phenoxy) is 2. The van der Waals surface area contributed by atoms with E-state index in [-0.39, 0.29) is 24.7 Å². The minimum absolute atomic E-state index is 0.0223. The van der Waals surface area contributed by atoms with Gasteiger partial charge in [-0.15, -0.1) is 0 Å². The summed E-state index contributed by atoms with van der Waals surface area (Å²) in [4.78, 5) is 0. The zero-order valence-corrected chi connectivity index (χ0v) is 13.8. The maximum atomic E-state index is 10.6. The number of aliphatic hydroxyl groups is 2. The summed E-state index contributed by atoms with van der Waals surface area (Å²) in [6, 6.07) is 11.4. The molecule has 1 aromatic heterocycles. The van der Waals surface area contributed by atoms with Gasteiger partial charge in [-0.05, 0) is 12.5 Å². The molecule has 0 amide bonds. The molecule has 4 atom stereocenters. The zero-order valence-electron chi connectivity index (χ0n) is 13.8. The second-order valence-corrected chi connectivity index (χ2v) is 6.19. The lowest BCUT2D eigenvalue weighted by Crippen LogP contribution is -2.45. The van der Waals surface area contributed by atoms with E-state index < -0.39 is 23.9 Å². The summed E-state index contributed by atoms with van der Waals surface area (Å²) in [7, 11) is 0. The fraction of sp³-hybridized carbons (Fsp3) is 0.389. The Morgan fingerprint density at radius 3 is 2.68 bits per heavy atom. The van der Waals surface area contributed by atoms with Gasteiger partial charge in [-0.2, -0.15) is 5.26 Å². The predicted octanol–water partition coefficient (Wildman–Crippen LogP) is 1.50. The third-order valence-electron chi connectivity index (χ3n) is 4.59. The molecule has 1 aliphatic heterocycles. The molecular formula is C18H20N2O5. The summed E-state index contributed by atoms with van der Waals surface area (Å²) in [6.45, 7) is 1.57. The number of hydrogen-bond acceptors (Lipinski definition) is 7. The second-order valence-electron chi connectivity index (χ2n) is 6.19. The molecule has 4 N–H and O–H groups in total. The highest BCUT2D eigenvalue weighted by molar-refractivity contribution is 5.56. The fourth-order valence-corrected chi connectivity index (χ4v) is 3.08. The van der Waals surface area contributed by atoms with Gasteiger partial charge in [0, 0.05) is 5.56 Å². The summed E-state index contributed by atoms with van der Waals surface area (Å²) in [5.41, 5.74) is 6.28. The number of aliphatic hydroxyl groups excluding tert-OH is 2. The maximum absolute atomic E-state index is 10.6. The molecule has 3 rings (SSSR count). The smallest absolute Gasteiger partial charge is 0.226 e. The van der Waals surface area contributed by atoms with Gasteiger partial charge in [0.2, 0.25) is 5.76 Å². The van der Waals surface area contributed by atoms with Gasteiger partial charge in [0.15, 0.2) is 0 Å². The zero-order chi connectivity index (χ0) is 18.0. The number of anilines is 1. The molecule has 0 saturated carbocycles. The van der Waals surface area contributed by atoms with E-state index >= 15 is 0 Å². The summed E-state index contributed by atoms with van der Waals surface area (Å²) in [5, 5.41) is 29.1. The normalized spacial score (nSPS) is 28.8. The fourth-order valence-electron chi connectivity index (χ4n) is 3.08. The van der Waals surface area contributed by atoms with E-state index in [1.807, 2.05) is 36.4 Å². The number of nitriles is 1. The Balaban J connectivity index is 1.91. The molecule has 132 valence electrons. The number of hydrogen-bond donors (Lipinski definition) is 3. The summed E-state index contributed by atoms with van der Waals surface area (Å²) < 4.78 is 16.9. The van der Waals surface area contributed by atoms with E-state index in [1.165, 1.54) is 6.26 Å². The summed E-state index contributed by atoms with van der Waals surface area (Å²) in [6.07, 6.45) is -1.36. The lowest BCUT2D eigenvalue weighted by Gasteiger charge is -2.32. The minimum Gasteiger partial charge on any atom is -0.451 e. The van der Waals surface area contributed by atoms with Crippen molar-refractivity contribution in [2.45, 2.75) is 37.4 Å². The highest BCUT2D eigenvalue weighted by Gasteiger charge is 2.55. The Morgan fingerprint density at radius 2 is 2.08 bits per heavy atom. The van der Waals surface area contributed by atoms with Crippen molar-refractivity contribution in [1.29, 1.82) is 5.26 Å². The van der Waals surface area contributed by atoms with E-state index in [2.05, 4.69) is 0 Å². The van der Waals surface area contributed by atoms with Crippen molar-refractivity contribution < 1.29 is 24.1 Å². The number of nitrogens with zero attached hydrogens (tertiary/aromatic N) is 1. The molecule has 0 radical (unpaired) electrons. The van der Waals surface area contributed by atoms with Crippen molar-refractivity contribution in [3.8, 4) is 6.07 Å². The van der Waals surface area contributed by atoms with Crippen molar-refractivity contribution in [3.05, 3.63) is 53.5 Å². The van der Waals surface area contributed by atoms with Gasteiger partial charge in [0.05, 0.1) is 18.9 Å². The molecule has 7 heteroatoms. The third-order valence-corrected chi connectivity index (χ3v) is 4.59. The van der Waals surface area contributed by atoms with Crippen LogP contribution in [0.3, 0.4) is 0 Å². The van der Waals surface area contributed by atoms with Crippen LogP contribution in [0.25, 0.3) is 0 Å². The van der Waals surface area contributed by atoms with E-state index in [4.69, 9.17) is 24.9 Å². The largest absolute Gasteiger partial charge is 0.451 e. The highest BCUT2D eigenvalue weighted by Crippen LogP contribution is 2.47. The first-order valence-corrected chi connectivity index (χ1v) is 7.90. The molecule has 1 saturated heterocycles. The van der Waals surface area contributed by atoms with E-state index in [0.717, 1.165) is 5.56 Å². The van der Waals surface area contributed by atoms with Crippen LogP contribution >= 0.6 is 0 Å². The van der Waals surface area contributed by atoms with Gasteiger partial charge in [0.1, 0.15) is 36.2 Å². The first-order chi connectivity index (χ1) is 12.0. The van der Waals surface area contributed by atoms with Crippen LogP contribution < -0.4 is 5.73 Å². The Bertz CT molecular complexity index is 770. The van der Waals surface area contributed by atoms with Crippen LogP contribution in [0.5, 0.6) is 0 Å². The maximum Gasteiger partial charge on any atom is 0.226 e. The second kappa shape index (κ2) is 6.86. The van der Waals surface area contributed by atoms with E-state index in [0.29, 0.717) is 5.56 Å². The number of benzene rings is 1. The average Bonchev–Trinajstić information content (AvgIpc) is 3.12. The molecule has 25 heavy (non-hydrogen) atoms. The van der Waals surface area contributed by atoms with Gasteiger partial charge in [0.25, 0.3) is 0 Å². The Hall–Kier alpha value is -2.37. The number of nitrogens with two attached hydrogens (primary N) is 1. The molecule has 0 aliphatic carbocycles. The number of rotatable bonds is 5. The highest BCUT2D eigenvalue weighted by atomic mass is 16.6. The Morgan fingerprint density at radius 1 is 1.36 bits per heavy atom.